The van der Waals surface area contributed by atoms with Crippen molar-refractivity contribution in [2.24, 2.45) is 11.7 Å². The molecule has 1 aromatic rings. The number of hydrogen-bond acceptors (Lipinski definition) is 5. The number of rotatable bonds is 10. The highest BCUT2D eigenvalue weighted by atomic mass is 28.3. The lowest BCUT2D eigenvalue weighted by molar-refractivity contribution is 0.0581. The van der Waals surface area contributed by atoms with Gasteiger partial charge in [-0.2, -0.15) is 5.26 Å². The van der Waals surface area contributed by atoms with Gasteiger partial charge >= 0.3 is 6.09 Å². The maximum atomic E-state index is 12.8. The van der Waals surface area contributed by atoms with Crippen molar-refractivity contribution < 1.29 is 14.6 Å². The van der Waals surface area contributed by atoms with Crippen LogP contribution in [-0.2, 0) is 11.3 Å². The molecule has 1 saturated carbocycles. The van der Waals surface area contributed by atoms with Gasteiger partial charge in [-0.15, -0.1) is 0 Å². The van der Waals surface area contributed by atoms with Crippen LogP contribution in [0.3, 0.4) is 0 Å². The standard InChI is InChI=1S/C24H39N3O3Si/c1-31(2,3)14-13-30-24(29)27(17-21-11-9-20(16-25)10-12-21)18-23(28)22(26)15-19-7-5-4-6-8-19/h9-12,19,22-23,28H,4-8,13-15,17-18,26H2,1-3H3/t22-,23+/m0/s1. The van der Waals surface area contributed by atoms with Crippen LogP contribution >= 0.6 is 0 Å². The molecule has 172 valence electrons. The number of benzene rings is 1. The second-order valence-corrected chi connectivity index (χ2v) is 15.7. The number of aliphatic hydroxyl groups excluding tert-OH is 1. The third-order valence-electron chi connectivity index (χ3n) is 6.02. The molecule has 2 atom stereocenters. The summed E-state index contributed by atoms with van der Waals surface area (Å²) in [7, 11) is -1.31. The quantitative estimate of drug-likeness (QED) is 0.517. The van der Waals surface area contributed by atoms with Gasteiger partial charge in [-0.25, -0.2) is 4.79 Å². The Hall–Kier alpha value is -1.88. The molecule has 1 aliphatic rings. The molecule has 0 heterocycles. The Morgan fingerprint density at radius 2 is 1.90 bits per heavy atom. The average Bonchev–Trinajstić information content (AvgIpc) is 2.73. The fourth-order valence-electron chi connectivity index (χ4n) is 3.97. The van der Waals surface area contributed by atoms with Crippen LogP contribution in [0.4, 0.5) is 4.79 Å². The highest BCUT2D eigenvalue weighted by Crippen LogP contribution is 2.27. The monoisotopic (exact) mass is 445 g/mol. The number of nitrogens with two attached hydrogens (primary N) is 1. The van der Waals surface area contributed by atoms with Crippen LogP contribution in [0.15, 0.2) is 24.3 Å². The van der Waals surface area contributed by atoms with Crippen molar-refractivity contribution in [1.82, 2.24) is 4.90 Å². The van der Waals surface area contributed by atoms with Gasteiger partial charge in [-0.1, -0.05) is 63.9 Å². The minimum atomic E-state index is -1.31. The van der Waals surface area contributed by atoms with Crippen molar-refractivity contribution in [1.29, 1.82) is 5.26 Å². The van der Waals surface area contributed by atoms with Crippen molar-refractivity contribution in [3.63, 3.8) is 0 Å². The zero-order chi connectivity index (χ0) is 22.9. The summed E-state index contributed by atoms with van der Waals surface area (Å²) in [5, 5.41) is 19.8. The molecule has 0 spiro atoms. The zero-order valence-corrected chi connectivity index (χ0v) is 20.3. The SMILES string of the molecule is C[Si](C)(C)CCOC(=O)N(Cc1ccc(C#N)cc1)C[C@@H](O)[C@@H](N)CC1CCCCC1. The van der Waals surface area contributed by atoms with E-state index in [9.17, 15) is 9.90 Å². The predicted molar refractivity (Wildman–Crippen MR) is 126 cm³/mol. The maximum absolute atomic E-state index is 12.8. The van der Waals surface area contributed by atoms with E-state index in [0.29, 0.717) is 24.6 Å². The van der Waals surface area contributed by atoms with Gasteiger partial charge in [0.15, 0.2) is 0 Å². The summed E-state index contributed by atoms with van der Waals surface area (Å²) >= 11 is 0. The van der Waals surface area contributed by atoms with Gasteiger partial charge in [0.25, 0.3) is 0 Å². The molecule has 1 aliphatic carbocycles. The molecule has 0 unspecified atom stereocenters. The first-order chi connectivity index (χ1) is 14.7. The summed E-state index contributed by atoms with van der Waals surface area (Å²) in [6.45, 7) is 7.56. The molecule has 0 saturated heterocycles. The molecular weight excluding hydrogens is 406 g/mol. The number of hydrogen-bond donors (Lipinski definition) is 2. The smallest absolute Gasteiger partial charge is 0.410 e. The lowest BCUT2D eigenvalue weighted by Gasteiger charge is -2.30. The van der Waals surface area contributed by atoms with Crippen LogP contribution in [0, 0.1) is 17.2 Å². The molecular formula is C24H39N3O3Si. The van der Waals surface area contributed by atoms with E-state index in [4.69, 9.17) is 15.7 Å². The Kier molecular flexibility index (Phi) is 10.0. The first-order valence-electron chi connectivity index (χ1n) is 11.5. The minimum absolute atomic E-state index is 0.139. The zero-order valence-electron chi connectivity index (χ0n) is 19.3. The number of carbonyl (C=O) groups excluding carboxylic acids is 1. The van der Waals surface area contributed by atoms with Crippen molar-refractivity contribution in [3.8, 4) is 6.07 Å². The third-order valence-corrected chi connectivity index (χ3v) is 7.73. The first-order valence-corrected chi connectivity index (χ1v) is 15.2. The molecule has 3 N–H and O–H groups in total. The summed E-state index contributed by atoms with van der Waals surface area (Å²) in [5.41, 5.74) is 7.78. The van der Waals surface area contributed by atoms with E-state index < -0.39 is 20.3 Å². The van der Waals surface area contributed by atoms with Crippen molar-refractivity contribution in [2.75, 3.05) is 13.2 Å². The van der Waals surface area contributed by atoms with Crippen LogP contribution in [0.25, 0.3) is 0 Å². The Morgan fingerprint density at radius 3 is 2.48 bits per heavy atom. The average molecular weight is 446 g/mol. The van der Waals surface area contributed by atoms with E-state index in [1.165, 1.54) is 37.0 Å². The van der Waals surface area contributed by atoms with E-state index >= 15 is 0 Å². The van der Waals surface area contributed by atoms with Crippen LogP contribution in [0.2, 0.25) is 25.7 Å². The number of carbonyl (C=O) groups is 1. The summed E-state index contributed by atoms with van der Waals surface area (Å²) < 4.78 is 5.55. The van der Waals surface area contributed by atoms with Crippen molar-refractivity contribution in [3.05, 3.63) is 35.4 Å². The summed E-state index contributed by atoms with van der Waals surface area (Å²) in [6, 6.07) is 9.76. The fourth-order valence-corrected chi connectivity index (χ4v) is 4.68. The Labute approximate surface area is 188 Å². The molecule has 1 aromatic carbocycles. The predicted octanol–water partition coefficient (Wildman–Crippen LogP) is 4.49. The normalized spacial score (nSPS) is 16.9. The lowest BCUT2D eigenvalue weighted by Crippen LogP contribution is -2.46. The minimum Gasteiger partial charge on any atom is -0.450 e. The second kappa shape index (κ2) is 12.2. The fraction of sp³-hybridized carbons (Fsp3) is 0.667. The van der Waals surface area contributed by atoms with E-state index in [2.05, 4.69) is 25.7 Å². The van der Waals surface area contributed by atoms with E-state index in [0.717, 1.165) is 18.0 Å². The molecule has 31 heavy (non-hydrogen) atoms. The summed E-state index contributed by atoms with van der Waals surface area (Å²) in [5.74, 6) is 0.564. The molecule has 0 radical (unpaired) electrons. The van der Waals surface area contributed by atoms with Crippen LogP contribution in [-0.4, -0.2) is 49.5 Å². The molecule has 0 aliphatic heterocycles. The van der Waals surface area contributed by atoms with Crippen molar-refractivity contribution in [2.45, 2.75) is 82.9 Å². The van der Waals surface area contributed by atoms with Gasteiger partial charge in [0.1, 0.15) is 0 Å². The molecule has 0 aromatic heterocycles. The summed E-state index contributed by atoms with van der Waals surface area (Å²) in [4.78, 5) is 14.4. The van der Waals surface area contributed by atoms with Gasteiger partial charge in [0, 0.05) is 20.7 Å². The van der Waals surface area contributed by atoms with Gasteiger partial charge < -0.3 is 20.5 Å². The molecule has 7 heteroatoms. The molecule has 6 nitrogen and oxygen atoms in total. The van der Waals surface area contributed by atoms with Crippen LogP contribution < -0.4 is 5.73 Å². The second-order valence-electron chi connectivity index (χ2n) is 10.1. The Bertz CT molecular complexity index is 721. The number of amides is 1. The number of nitrogens with zero attached hydrogens (tertiary/aromatic N) is 2. The number of ether oxygens (including phenoxy) is 1. The van der Waals surface area contributed by atoms with E-state index in [1.54, 1.807) is 12.1 Å². The molecule has 2 rings (SSSR count). The maximum Gasteiger partial charge on any atom is 0.410 e. The van der Waals surface area contributed by atoms with Crippen LogP contribution in [0.5, 0.6) is 0 Å². The van der Waals surface area contributed by atoms with Crippen LogP contribution in [0.1, 0.15) is 49.7 Å². The molecule has 1 fully saturated rings. The third kappa shape index (κ3) is 9.42. The number of aliphatic hydroxyl groups is 1. The van der Waals surface area contributed by atoms with Gasteiger partial charge in [-0.3, -0.25) is 0 Å². The molecule has 1 amide bonds. The molecule has 0 bridgehead atoms. The van der Waals surface area contributed by atoms with E-state index in [1.807, 2.05) is 12.1 Å². The van der Waals surface area contributed by atoms with Gasteiger partial charge in [-0.05, 0) is 36.1 Å². The Morgan fingerprint density at radius 1 is 1.26 bits per heavy atom. The van der Waals surface area contributed by atoms with Crippen molar-refractivity contribution >= 4 is 14.2 Å². The van der Waals surface area contributed by atoms with Gasteiger partial charge in [0.05, 0.1) is 30.9 Å². The first kappa shape index (κ1) is 25.4. The van der Waals surface area contributed by atoms with Gasteiger partial charge in [0.2, 0.25) is 0 Å². The largest absolute Gasteiger partial charge is 0.450 e. The van der Waals surface area contributed by atoms with E-state index in [-0.39, 0.29) is 12.6 Å². The lowest BCUT2D eigenvalue weighted by atomic mass is 9.84. The highest BCUT2D eigenvalue weighted by molar-refractivity contribution is 6.76. The highest BCUT2D eigenvalue weighted by Gasteiger charge is 2.26. The number of nitriles is 1. The Balaban J connectivity index is 2.00. The topological polar surface area (TPSA) is 99.6 Å². The summed E-state index contributed by atoms with van der Waals surface area (Å²) in [6.07, 6.45) is 5.68.